The Bertz CT molecular complexity index is 1410. The lowest BCUT2D eigenvalue weighted by Crippen LogP contribution is -2.03. The van der Waals surface area contributed by atoms with E-state index >= 15 is 0 Å². The van der Waals surface area contributed by atoms with Crippen LogP contribution in [0.2, 0.25) is 5.02 Å². The minimum atomic E-state index is 0.498. The Hall–Kier alpha value is -3.28. The summed E-state index contributed by atoms with van der Waals surface area (Å²) in [6.45, 7) is 0.498. The van der Waals surface area contributed by atoms with E-state index in [-0.39, 0.29) is 0 Å². The van der Waals surface area contributed by atoms with Crippen LogP contribution in [0.25, 0.3) is 21.5 Å². The van der Waals surface area contributed by atoms with Crippen molar-refractivity contribution in [1.29, 1.82) is 0 Å². The van der Waals surface area contributed by atoms with Gasteiger partial charge in [-0.3, -0.25) is 0 Å². The van der Waals surface area contributed by atoms with Gasteiger partial charge in [-0.2, -0.15) is 14.9 Å². The highest BCUT2D eigenvalue weighted by Gasteiger charge is 2.07. The highest BCUT2D eigenvalue weighted by Crippen LogP contribution is 2.27. The Morgan fingerprint density at radius 2 is 1.53 bits per heavy atom. The van der Waals surface area contributed by atoms with Crippen LogP contribution in [-0.4, -0.2) is 20.7 Å². The molecule has 0 N–H and O–H groups in total. The zero-order valence-corrected chi connectivity index (χ0v) is 17.5. The first-order chi connectivity index (χ1) is 14.7. The predicted octanol–water partition coefficient (Wildman–Crippen LogP) is 6.30. The van der Waals surface area contributed by atoms with Crippen molar-refractivity contribution in [3.05, 3.63) is 106 Å². The molecular formula is C24H17ClN4S. The van der Waals surface area contributed by atoms with Crippen molar-refractivity contribution in [2.45, 2.75) is 6.54 Å². The molecule has 1 heterocycles. The van der Waals surface area contributed by atoms with Gasteiger partial charge in [0.05, 0.1) is 12.8 Å². The van der Waals surface area contributed by atoms with Gasteiger partial charge in [-0.05, 0) is 51.5 Å². The van der Waals surface area contributed by atoms with Crippen LogP contribution in [-0.2, 0) is 6.54 Å². The summed E-state index contributed by atoms with van der Waals surface area (Å²) < 4.78 is 3.84. The topological polar surface area (TPSA) is 35.1 Å². The molecule has 0 radical (unpaired) electrons. The van der Waals surface area contributed by atoms with Crippen molar-refractivity contribution in [2.75, 3.05) is 0 Å². The molecule has 0 fully saturated rings. The molecule has 0 amide bonds. The summed E-state index contributed by atoms with van der Waals surface area (Å²) in [5.41, 5.74) is 2.02. The molecule has 5 rings (SSSR count). The molecule has 0 saturated carbocycles. The maximum Gasteiger partial charge on any atom is 0.219 e. The third-order valence-corrected chi connectivity index (χ3v) is 5.89. The fourth-order valence-corrected chi connectivity index (χ4v) is 4.01. The predicted molar refractivity (Wildman–Crippen MR) is 126 cm³/mol. The van der Waals surface area contributed by atoms with E-state index in [1.165, 1.54) is 10.8 Å². The van der Waals surface area contributed by atoms with E-state index in [9.17, 15) is 0 Å². The van der Waals surface area contributed by atoms with E-state index in [0.29, 0.717) is 16.3 Å². The Kier molecular flexibility index (Phi) is 4.91. The molecule has 0 aliphatic carbocycles. The van der Waals surface area contributed by atoms with Crippen LogP contribution in [0, 0.1) is 4.77 Å². The summed E-state index contributed by atoms with van der Waals surface area (Å²) in [5.74, 6) is 0. The van der Waals surface area contributed by atoms with Crippen molar-refractivity contribution in [1.82, 2.24) is 14.5 Å². The van der Waals surface area contributed by atoms with Crippen molar-refractivity contribution in [3.63, 3.8) is 0 Å². The van der Waals surface area contributed by atoms with E-state index in [0.717, 1.165) is 21.9 Å². The Labute approximate surface area is 183 Å². The standard InChI is InChI=1S/C24H17ClN4S/c25-23-12-6-3-9-19(23)15-28-24(30)29(16-27-28)26-14-22-20-10-4-1-7-17(20)13-18-8-2-5-11-21(18)22/h1-14,16H,15H2. The molecule has 0 aliphatic rings. The zero-order valence-electron chi connectivity index (χ0n) is 15.9. The second-order valence-corrected chi connectivity index (χ2v) is 7.76. The van der Waals surface area contributed by atoms with Crippen LogP contribution in [0.5, 0.6) is 0 Å². The minimum Gasteiger partial charge on any atom is -0.232 e. The van der Waals surface area contributed by atoms with Gasteiger partial charge in [0, 0.05) is 10.6 Å². The fraction of sp³-hybridized carbons (Fsp3) is 0.0417. The summed E-state index contributed by atoms with van der Waals surface area (Å²) in [6.07, 6.45) is 3.49. The van der Waals surface area contributed by atoms with Crippen LogP contribution >= 0.6 is 23.8 Å². The number of benzene rings is 4. The third-order valence-electron chi connectivity index (χ3n) is 5.12. The second kappa shape index (κ2) is 7.86. The molecule has 0 unspecified atom stereocenters. The minimum absolute atomic E-state index is 0.498. The fourth-order valence-electron chi connectivity index (χ4n) is 3.61. The number of nitrogens with zero attached hydrogens (tertiary/aromatic N) is 4. The van der Waals surface area contributed by atoms with E-state index < -0.39 is 0 Å². The molecule has 0 saturated heterocycles. The normalized spacial score (nSPS) is 11.6. The van der Waals surface area contributed by atoms with Gasteiger partial charge in [0.2, 0.25) is 4.77 Å². The molecule has 1 aromatic heterocycles. The molecule has 146 valence electrons. The molecule has 0 atom stereocenters. The summed E-state index contributed by atoms with van der Waals surface area (Å²) >= 11 is 11.9. The van der Waals surface area contributed by atoms with Crippen LogP contribution in [0.1, 0.15) is 11.1 Å². The van der Waals surface area contributed by atoms with Gasteiger partial charge in [0.25, 0.3) is 0 Å². The second-order valence-electron chi connectivity index (χ2n) is 6.98. The van der Waals surface area contributed by atoms with Gasteiger partial charge < -0.3 is 0 Å². The smallest absolute Gasteiger partial charge is 0.219 e. The highest BCUT2D eigenvalue weighted by atomic mass is 35.5. The van der Waals surface area contributed by atoms with Crippen molar-refractivity contribution >= 4 is 51.6 Å². The Balaban J connectivity index is 1.56. The maximum atomic E-state index is 6.27. The molecule has 5 aromatic rings. The van der Waals surface area contributed by atoms with Gasteiger partial charge in [-0.15, -0.1) is 0 Å². The molecule has 0 aliphatic heterocycles. The van der Waals surface area contributed by atoms with E-state index in [1.54, 1.807) is 15.7 Å². The molecule has 30 heavy (non-hydrogen) atoms. The van der Waals surface area contributed by atoms with E-state index in [1.807, 2.05) is 54.7 Å². The molecule has 0 spiro atoms. The lowest BCUT2D eigenvalue weighted by atomic mass is 9.97. The average Bonchev–Trinajstić information content (AvgIpc) is 3.12. The molecular weight excluding hydrogens is 412 g/mol. The van der Waals surface area contributed by atoms with Crippen molar-refractivity contribution in [2.24, 2.45) is 5.10 Å². The number of aromatic nitrogens is 3. The number of halogens is 1. The summed E-state index contributed by atoms with van der Waals surface area (Å²) in [7, 11) is 0. The van der Waals surface area contributed by atoms with Crippen molar-refractivity contribution < 1.29 is 0 Å². The van der Waals surface area contributed by atoms with Crippen LogP contribution in [0.3, 0.4) is 0 Å². The van der Waals surface area contributed by atoms with Gasteiger partial charge in [0.15, 0.2) is 0 Å². The van der Waals surface area contributed by atoms with Crippen LogP contribution in [0.15, 0.2) is 90.3 Å². The first kappa shape index (κ1) is 18.7. The summed E-state index contributed by atoms with van der Waals surface area (Å²) in [5, 5.41) is 14.4. The summed E-state index contributed by atoms with van der Waals surface area (Å²) in [6, 6.07) is 26.5. The van der Waals surface area contributed by atoms with Gasteiger partial charge in [-0.25, -0.2) is 4.68 Å². The van der Waals surface area contributed by atoms with Gasteiger partial charge in [0.1, 0.15) is 6.33 Å². The molecule has 4 nitrogen and oxygen atoms in total. The average molecular weight is 429 g/mol. The quantitative estimate of drug-likeness (QED) is 0.191. The van der Waals surface area contributed by atoms with Gasteiger partial charge in [-0.1, -0.05) is 78.3 Å². The third kappa shape index (κ3) is 3.43. The van der Waals surface area contributed by atoms with Crippen LogP contribution < -0.4 is 0 Å². The molecule has 6 heteroatoms. The van der Waals surface area contributed by atoms with Crippen molar-refractivity contribution in [3.8, 4) is 0 Å². The molecule has 0 bridgehead atoms. The largest absolute Gasteiger partial charge is 0.232 e. The van der Waals surface area contributed by atoms with Gasteiger partial charge >= 0.3 is 0 Å². The number of rotatable bonds is 4. The number of hydrogen-bond donors (Lipinski definition) is 0. The first-order valence-corrected chi connectivity index (χ1v) is 10.3. The zero-order chi connectivity index (χ0) is 20.5. The lowest BCUT2D eigenvalue weighted by Gasteiger charge is -2.07. The summed E-state index contributed by atoms with van der Waals surface area (Å²) in [4.78, 5) is 0. The molecule has 4 aromatic carbocycles. The van der Waals surface area contributed by atoms with E-state index in [4.69, 9.17) is 23.8 Å². The van der Waals surface area contributed by atoms with Crippen LogP contribution in [0.4, 0.5) is 0 Å². The Morgan fingerprint density at radius 3 is 2.23 bits per heavy atom. The Morgan fingerprint density at radius 1 is 0.900 bits per heavy atom. The van der Waals surface area contributed by atoms with E-state index in [2.05, 4.69) is 40.5 Å². The maximum absolute atomic E-state index is 6.27. The lowest BCUT2D eigenvalue weighted by molar-refractivity contribution is 0.666. The number of fused-ring (bicyclic) bond motifs is 2. The number of hydrogen-bond acceptors (Lipinski definition) is 3. The highest BCUT2D eigenvalue weighted by molar-refractivity contribution is 7.71. The SMILES string of the molecule is S=c1n(N=Cc2c3ccccc3cc3ccccc23)cnn1Cc1ccccc1Cl. The first-order valence-electron chi connectivity index (χ1n) is 9.53. The monoisotopic (exact) mass is 428 g/mol.